The molecule has 0 aliphatic carbocycles. The first-order valence-corrected chi connectivity index (χ1v) is 12.8. The van der Waals surface area contributed by atoms with E-state index in [1.165, 1.54) is 29.4 Å². The van der Waals surface area contributed by atoms with Crippen molar-refractivity contribution in [3.63, 3.8) is 0 Å². The van der Waals surface area contributed by atoms with Crippen molar-refractivity contribution in [3.05, 3.63) is 54.6 Å². The average Bonchev–Trinajstić information content (AvgIpc) is 3.49. The van der Waals surface area contributed by atoms with Crippen LogP contribution in [0.5, 0.6) is 5.88 Å². The van der Waals surface area contributed by atoms with Crippen molar-refractivity contribution >= 4 is 27.4 Å². The van der Waals surface area contributed by atoms with Crippen LogP contribution >= 0.6 is 0 Å². The average molecular weight is 487 g/mol. The number of carbonyl (C=O) groups excluding carboxylic acids is 1. The number of halogens is 1. The molecule has 0 atom stereocenters. The molecule has 10 nitrogen and oxygen atoms in total. The largest absolute Gasteiger partial charge is 0.474 e. The SMILES string of the molecule is CS(=O)(=O)c1ccc(N2CCc3c(OC4CCN(C(=O)n5ccnc5)CC4)ncnc32)c(F)c1. The molecule has 1 saturated heterocycles. The van der Waals surface area contributed by atoms with Crippen LogP contribution < -0.4 is 9.64 Å². The van der Waals surface area contributed by atoms with Gasteiger partial charge in [0, 0.05) is 51.1 Å². The Labute approximate surface area is 195 Å². The second-order valence-electron chi connectivity index (χ2n) is 8.32. The van der Waals surface area contributed by atoms with Crippen molar-refractivity contribution in [2.75, 3.05) is 30.8 Å². The van der Waals surface area contributed by atoms with E-state index in [9.17, 15) is 17.6 Å². The molecule has 12 heteroatoms. The van der Waals surface area contributed by atoms with Gasteiger partial charge in [0.2, 0.25) is 5.88 Å². The van der Waals surface area contributed by atoms with Gasteiger partial charge in [-0.05, 0) is 24.6 Å². The first kappa shape index (κ1) is 22.3. The first-order chi connectivity index (χ1) is 16.3. The lowest BCUT2D eigenvalue weighted by Crippen LogP contribution is -2.43. The molecule has 3 aromatic rings. The summed E-state index contributed by atoms with van der Waals surface area (Å²) in [6, 6.07) is 3.76. The summed E-state index contributed by atoms with van der Waals surface area (Å²) in [6.45, 7) is 1.58. The number of fused-ring (bicyclic) bond motifs is 1. The molecule has 1 aromatic carbocycles. The van der Waals surface area contributed by atoms with Gasteiger partial charge in [0.25, 0.3) is 0 Å². The number of hydrogen-bond acceptors (Lipinski definition) is 8. The number of anilines is 2. The number of piperidine rings is 1. The Morgan fingerprint density at radius 1 is 1.18 bits per heavy atom. The molecule has 2 aromatic heterocycles. The lowest BCUT2D eigenvalue weighted by Gasteiger charge is -2.32. The molecule has 0 bridgehead atoms. The van der Waals surface area contributed by atoms with Crippen LogP contribution in [0.15, 0.2) is 48.1 Å². The maximum atomic E-state index is 14.8. The van der Waals surface area contributed by atoms with Gasteiger partial charge in [0.05, 0.1) is 16.1 Å². The third-order valence-corrected chi connectivity index (χ3v) is 7.19. The Hall–Kier alpha value is -3.54. The number of carbonyl (C=O) groups is 1. The number of sulfone groups is 1. The zero-order valence-corrected chi connectivity index (χ0v) is 19.3. The highest BCUT2D eigenvalue weighted by Crippen LogP contribution is 2.38. The summed E-state index contributed by atoms with van der Waals surface area (Å²) in [4.78, 5) is 28.4. The van der Waals surface area contributed by atoms with Crippen LogP contribution in [0.4, 0.5) is 20.7 Å². The van der Waals surface area contributed by atoms with E-state index in [2.05, 4.69) is 15.0 Å². The highest BCUT2D eigenvalue weighted by Gasteiger charge is 2.31. The summed E-state index contributed by atoms with van der Waals surface area (Å²) < 4.78 is 45.9. The van der Waals surface area contributed by atoms with E-state index >= 15 is 0 Å². The summed E-state index contributed by atoms with van der Waals surface area (Å²) in [5.74, 6) is 0.371. The normalized spacial score (nSPS) is 16.5. The quantitative estimate of drug-likeness (QED) is 0.553. The molecule has 34 heavy (non-hydrogen) atoms. The Morgan fingerprint density at radius 2 is 1.97 bits per heavy atom. The Morgan fingerprint density at radius 3 is 2.65 bits per heavy atom. The number of benzene rings is 1. The van der Waals surface area contributed by atoms with Gasteiger partial charge in [0.1, 0.15) is 30.4 Å². The number of ether oxygens (including phenoxy) is 1. The topological polar surface area (TPSA) is 111 Å². The van der Waals surface area contributed by atoms with Crippen LogP contribution in [0.3, 0.4) is 0 Å². The molecule has 178 valence electrons. The minimum atomic E-state index is -3.50. The van der Waals surface area contributed by atoms with Crippen LogP contribution in [0.25, 0.3) is 0 Å². The summed E-state index contributed by atoms with van der Waals surface area (Å²) in [7, 11) is -3.50. The number of amides is 1. The molecule has 0 spiro atoms. The highest BCUT2D eigenvalue weighted by atomic mass is 32.2. The van der Waals surface area contributed by atoms with Crippen LogP contribution in [0, 0.1) is 5.82 Å². The van der Waals surface area contributed by atoms with Crippen LogP contribution in [0.2, 0.25) is 0 Å². The maximum absolute atomic E-state index is 14.8. The van der Waals surface area contributed by atoms with Crippen LogP contribution in [0.1, 0.15) is 18.4 Å². The predicted molar refractivity (Wildman–Crippen MR) is 120 cm³/mol. The molecule has 2 aliphatic rings. The van der Waals surface area contributed by atoms with Gasteiger partial charge in [-0.2, -0.15) is 0 Å². The summed E-state index contributed by atoms with van der Waals surface area (Å²) in [5, 5.41) is 0. The van der Waals surface area contributed by atoms with Crippen molar-refractivity contribution in [2.24, 2.45) is 0 Å². The smallest absolute Gasteiger partial charge is 0.329 e. The van der Waals surface area contributed by atoms with E-state index in [-0.39, 0.29) is 22.7 Å². The van der Waals surface area contributed by atoms with Crippen LogP contribution in [-0.4, -0.2) is 70.9 Å². The van der Waals surface area contributed by atoms with Crippen molar-refractivity contribution in [1.82, 2.24) is 24.4 Å². The fourth-order valence-corrected chi connectivity index (χ4v) is 4.93. The van der Waals surface area contributed by atoms with Crippen LogP contribution in [-0.2, 0) is 16.3 Å². The summed E-state index contributed by atoms with van der Waals surface area (Å²) in [6.07, 6.45) is 8.88. The first-order valence-electron chi connectivity index (χ1n) is 10.9. The molecule has 1 amide bonds. The molecule has 5 rings (SSSR count). The van der Waals surface area contributed by atoms with E-state index in [0.29, 0.717) is 50.6 Å². The minimum Gasteiger partial charge on any atom is -0.474 e. The second-order valence-corrected chi connectivity index (χ2v) is 10.3. The van der Waals surface area contributed by atoms with E-state index in [1.54, 1.807) is 22.2 Å². The standard InChI is InChI=1S/C22H23FN6O4S/c1-34(31,32)16-2-3-19(18(23)12-16)29-10-6-17-20(29)25-13-26-21(17)33-15-4-8-27(9-5-15)22(30)28-11-7-24-14-28/h2-3,7,11-15H,4-6,8-10H2,1H3. The Balaban J connectivity index is 1.29. The van der Waals surface area contributed by atoms with Crippen molar-refractivity contribution in [1.29, 1.82) is 0 Å². The monoisotopic (exact) mass is 486 g/mol. The summed E-state index contributed by atoms with van der Waals surface area (Å²) in [5.41, 5.74) is 1.04. The van der Waals surface area contributed by atoms with Crippen molar-refractivity contribution in [2.45, 2.75) is 30.3 Å². The van der Waals surface area contributed by atoms with Crippen molar-refractivity contribution in [3.8, 4) is 5.88 Å². The number of rotatable bonds is 4. The van der Waals surface area contributed by atoms with Crippen molar-refractivity contribution < 1.29 is 22.3 Å². The lowest BCUT2D eigenvalue weighted by atomic mass is 10.1. The molecule has 0 radical (unpaired) electrons. The third-order valence-electron chi connectivity index (χ3n) is 6.08. The lowest BCUT2D eigenvalue weighted by molar-refractivity contribution is 0.107. The maximum Gasteiger partial charge on any atom is 0.329 e. The molecule has 4 heterocycles. The van der Waals surface area contributed by atoms with E-state index in [0.717, 1.165) is 17.9 Å². The Bertz CT molecular complexity index is 1320. The third kappa shape index (κ3) is 4.20. The number of nitrogens with zero attached hydrogens (tertiary/aromatic N) is 6. The summed E-state index contributed by atoms with van der Waals surface area (Å²) >= 11 is 0. The van der Waals surface area contributed by atoms with Gasteiger partial charge in [-0.1, -0.05) is 0 Å². The molecular weight excluding hydrogens is 463 g/mol. The highest BCUT2D eigenvalue weighted by molar-refractivity contribution is 7.90. The van der Waals surface area contributed by atoms with Gasteiger partial charge in [-0.15, -0.1) is 0 Å². The molecule has 2 aliphatic heterocycles. The number of imidazole rings is 1. The van der Waals surface area contributed by atoms with Gasteiger partial charge in [0.15, 0.2) is 9.84 Å². The van der Waals surface area contributed by atoms with Gasteiger partial charge < -0.3 is 14.5 Å². The number of aromatic nitrogens is 4. The molecule has 0 unspecified atom stereocenters. The number of likely N-dealkylation sites (tertiary alicyclic amines) is 1. The van der Waals surface area contributed by atoms with E-state index in [4.69, 9.17) is 4.74 Å². The molecule has 0 saturated carbocycles. The zero-order valence-electron chi connectivity index (χ0n) is 18.5. The minimum absolute atomic E-state index is 0.0715. The fraction of sp³-hybridized carbons (Fsp3) is 0.364. The molecule has 1 fully saturated rings. The molecular formula is C22H23FN6O4S. The zero-order chi connectivity index (χ0) is 23.9. The van der Waals surface area contributed by atoms with Gasteiger partial charge in [-0.25, -0.2) is 32.6 Å². The Kier molecular flexibility index (Phi) is 5.68. The fourth-order valence-electron chi connectivity index (χ4n) is 4.30. The van der Waals surface area contributed by atoms with Gasteiger partial charge >= 0.3 is 6.03 Å². The molecule has 0 N–H and O–H groups in total. The van der Waals surface area contributed by atoms with E-state index < -0.39 is 15.7 Å². The van der Waals surface area contributed by atoms with Gasteiger partial charge in [-0.3, -0.25) is 4.57 Å². The second kappa shape index (κ2) is 8.67. The van der Waals surface area contributed by atoms with E-state index in [1.807, 2.05) is 0 Å². The number of hydrogen-bond donors (Lipinski definition) is 0. The predicted octanol–water partition coefficient (Wildman–Crippen LogP) is 2.42.